The van der Waals surface area contributed by atoms with Gasteiger partial charge in [0.05, 0.1) is 29.1 Å². The van der Waals surface area contributed by atoms with Gasteiger partial charge in [-0.3, -0.25) is 14.9 Å². The smallest absolute Gasteiger partial charge is 0.324 e. The van der Waals surface area contributed by atoms with Gasteiger partial charge in [-0.2, -0.15) is 4.31 Å². The van der Waals surface area contributed by atoms with E-state index in [0.717, 1.165) is 16.9 Å². The molecule has 0 aliphatic carbocycles. The van der Waals surface area contributed by atoms with Crippen molar-refractivity contribution < 1.29 is 32.8 Å². The lowest BCUT2D eigenvalue weighted by atomic mass is 9.97. The van der Waals surface area contributed by atoms with Crippen LogP contribution in [-0.2, 0) is 27.8 Å². The normalized spacial score (nSPS) is 15.6. The Balaban J connectivity index is 1.56. The Hall–Kier alpha value is -4.05. The Morgan fingerprint density at radius 3 is 2.31 bits per heavy atom. The number of thiophene rings is 1. The van der Waals surface area contributed by atoms with E-state index in [0.29, 0.717) is 17.9 Å². The summed E-state index contributed by atoms with van der Waals surface area (Å²) in [6, 6.07) is 14.6. The molecule has 2 aromatic carbocycles. The third-order valence-electron chi connectivity index (χ3n) is 8.30. The Kier molecular flexibility index (Phi) is 12.8. The maximum Gasteiger partial charge on any atom is 0.324 e. The number of carbonyl (C=O) groups is 2. The number of rotatable bonds is 17. The average molecular weight is 716 g/mol. The van der Waals surface area contributed by atoms with E-state index in [-0.39, 0.29) is 60.4 Å². The first-order valence-electron chi connectivity index (χ1n) is 16.1. The third-order valence-corrected chi connectivity index (χ3v) is 11.1. The second-order valence-corrected chi connectivity index (χ2v) is 15.7. The van der Waals surface area contributed by atoms with Gasteiger partial charge in [0, 0.05) is 44.2 Å². The van der Waals surface area contributed by atoms with Crippen molar-refractivity contribution in [2.24, 2.45) is 11.8 Å². The fourth-order valence-corrected chi connectivity index (χ4v) is 8.24. The Labute approximate surface area is 291 Å². The van der Waals surface area contributed by atoms with Crippen molar-refractivity contribution in [2.45, 2.75) is 63.7 Å². The van der Waals surface area contributed by atoms with Gasteiger partial charge in [0.15, 0.2) is 0 Å². The largest absolute Gasteiger partial charge is 0.497 e. The van der Waals surface area contributed by atoms with Crippen LogP contribution in [-0.4, -0.2) is 96.0 Å². The van der Waals surface area contributed by atoms with Crippen LogP contribution in [0.15, 0.2) is 70.9 Å². The molecular weight excluding hydrogens is 671 g/mol. The van der Waals surface area contributed by atoms with Crippen LogP contribution in [0.3, 0.4) is 0 Å². The van der Waals surface area contributed by atoms with Gasteiger partial charge < -0.3 is 25.0 Å². The van der Waals surface area contributed by atoms with Crippen molar-refractivity contribution in [2.75, 3.05) is 33.3 Å². The molecule has 3 amide bonds. The molecule has 0 spiro atoms. The summed E-state index contributed by atoms with van der Waals surface area (Å²) in [5, 5.41) is 27.4. The first-order chi connectivity index (χ1) is 23.2. The van der Waals surface area contributed by atoms with Gasteiger partial charge in [-0.1, -0.05) is 69.4 Å². The number of hydrogen-bond donors (Lipinski definition) is 2. The van der Waals surface area contributed by atoms with E-state index in [1.807, 2.05) is 58.0 Å². The van der Waals surface area contributed by atoms with Crippen LogP contribution in [0, 0.1) is 22.0 Å². The summed E-state index contributed by atoms with van der Waals surface area (Å²) in [6.07, 6.45) is -1.09. The van der Waals surface area contributed by atoms with E-state index < -0.39 is 39.0 Å². The van der Waals surface area contributed by atoms with Crippen molar-refractivity contribution in [3.8, 4) is 5.75 Å². The minimum Gasteiger partial charge on any atom is -0.497 e. The molecule has 0 unspecified atom stereocenters. The van der Waals surface area contributed by atoms with Crippen LogP contribution in [0.5, 0.6) is 5.75 Å². The predicted molar refractivity (Wildman–Crippen MR) is 187 cm³/mol. The number of nitro groups is 1. The minimum absolute atomic E-state index is 0.00953. The number of nitrogens with zero attached hydrogens (tertiary/aromatic N) is 4. The fourth-order valence-electron chi connectivity index (χ4n) is 5.90. The van der Waals surface area contributed by atoms with Gasteiger partial charge in [-0.15, -0.1) is 0 Å². The SMILES string of the molecule is COc1ccc(S(=O)(=O)N(CC(C)C)C[C@@H](O)[C@H](Cc2ccccc2)NC(=O)[C@H](C(C)C)N2CCN(Cc3csc([N+](=O)[O-])c3)C2=O)cc1. The summed E-state index contributed by atoms with van der Waals surface area (Å²) < 4.78 is 34.1. The number of sulfonamides is 1. The summed E-state index contributed by atoms with van der Waals surface area (Å²) >= 11 is 0.993. The van der Waals surface area contributed by atoms with Gasteiger partial charge >= 0.3 is 11.0 Å². The van der Waals surface area contributed by atoms with Crippen LogP contribution < -0.4 is 10.1 Å². The highest BCUT2D eigenvalue weighted by Gasteiger charge is 2.40. The van der Waals surface area contributed by atoms with E-state index in [4.69, 9.17) is 4.74 Å². The van der Waals surface area contributed by atoms with Crippen LogP contribution in [0.2, 0.25) is 0 Å². The molecule has 13 nitrogen and oxygen atoms in total. The molecule has 1 saturated heterocycles. The number of urea groups is 1. The van der Waals surface area contributed by atoms with E-state index in [9.17, 15) is 33.2 Å². The number of benzene rings is 2. The molecule has 1 aliphatic heterocycles. The predicted octanol–water partition coefficient (Wildman–Crippen LogP) is 4.36. The third kappa shape index (κ3) is 9.56. The number of ether oxygens (including phenoxy) is 1. The molecule has 1 aliphatic rings. The molecule has 0 saturated carbocycles. The first-order valence-corrected chi connectivity index (χ1v) is 18.5. The van der Waals surface area contributed by atoms with Crippen molar-refractivity contribution in [3.05, 3.63) is 87.3 Å². The van der Waals surface area contributed by atoms with E-state index >= 15 is 0 Å². The summed E-state index contributed by atoms with van der Waals surface area (Å²) in [5.41, 5.74) is 1.47. The lowest BCUT2D eigenvalue weighted by molar-refractivity contribution is -0.380. The first kappa shape index (κ1) is 37.8. The van der Waals surface area contributed by atoms with E-state index in [1.165, 1.54) is 34.5 Å². The molecule has 0 radical (unpaired) electrons. The Bertz CT molecular complexity index is 1680. The lowest BCUT2D eigenvalue weighted by Crippen LogP contribution is -2.57. The van der Waals surface area contributed by atoms with Gasteiger partial charge in [0.2, 0.25) is 15.9 Å². The molecule has 3 aromatic rings. The number of carbonyl (C=O) groups excluding carboxylic acids is 2. The monoisotopic (exact) mass is 715 g/mol. The summed E-state index contributed by atoms with van der Waals surface area (Å²) in [5.74, 6) is -0.315. The molecule has 2 N–H and O–H groups in total. The molecule has 0 bridgehead atoms. The Morgan fingerprint density at radius 1 is 1.06 bits per heavy atom. The van der Waals surface area contributed by atoms with Crippen molar-refractivity contribution in [1.29, 1.82) is 0 Å². The average Bonchev–Trinajstić information content (AvgIpc) is 3.67. The van der Waals surface area contributed by atoms with Gasteiger partial charge in [0.1, 0.15) is 11.8 Å². The van der Waals surface area contributed by atoms with E-state index in [1.54, 1.807) is 22.4 Å². The van der Waals surface area contributed by atoms with Gasteiger partial charge in [0.25, 0.3) is 0 Å². The van der Waals surface area contributed by atoms with Crippen LogP contribution in [0.4, 0.5) is 9.80 Å². The maximum absolute atomic E-state index is 14.1. The number of nitrogens with one attached hydrogen (secondary N) is 1. The molecule has 1 aromatic heterocycles. The topological polar surface area (TPSA) is 163 Å². The number of hydrogen-bond acceptors (Lipinski definition) is 9. The fraction of sp³-hybridized carbons (Fsp3) is 0.471. The quantitative estimate of drug-likeness (QED) is 0.154. The zero-order valence-electron chi connectivity index (χ0n) is 28.4. The zero-order valence-corrected chi connectivity index (χ0v) is 30.0. The van der Waals surface area contributed by atoms with Crippen molar-refractivity contribution >= 4 is 38.3 Å². The van der Waals surface area contributed by atoms with Crippen LogP contribution in [0.1, 0.15) is 38.8 Å². The van der Waals surface area contributed by atoms with Crippen molar-refractivity contribution in [3.63, 3.8) is 0 Å². The summed E-state index contributed by atoms with van der Waals surface area (Å²) in [6.45, 7) is 8.07. The summed E-state index contributed by atoms with van der Waals surface area (Å²) in [4.78, 5) is 41.4. The maximum atomic E-state index is 14.1. The lowest BCUT2D eigenvalue weighted by Gasteiger charge is -2.34. The molecule has 49 heavy (non-hydrogen) atoms. The molecular formula is C34H45N5O8S2. The van der Waals surface area contributed by atoms with Gasteiger partial charge in [-0.25, -0.2) is 13.2 Å². The molecule has 3 atom stereocenters. The van der Waals surface area contributed by atoms with Crippen LogP contribution >= 0.6 is 11.3 Å². The number of aliphatic hydroxyl groups is 1. The van der Waals surface area contributed by atoms with Crippen molar-refractivity contribution in [1.82, 2.24) is 19.4 Å². The van der Waals surface area contributed by atoms with Crippen LogP contribution in [0.25, 0.3) is 0 Å². The van der Waals surface area contributed by atoms with Gasteiger partial charge in [-0.05, 0) is 53.6 Å². The highest BCUT2D eigenvalue weighted by molar-refractivity contribution is 7.89. The Morgan fingerprint density at radius 2 is 1.73 bits per heavy atom. The molecule has 2 heterocycles. The zero-order chi connectivity index (χ0) is 35.9. The molecule has 1 fully saturated rings. The number of aliphatic hydroxyl groups excluding tert-OH is 1. The minimum atomic E-state index is -4.03. The second-order valence-electron chi connectivity index (χ2n) is 12.9. The second kappa shape index (κ2) is 16.6. The molecule has 266 valence electrons. The number of amides is 3. The number of methoxy groups -OCH3 is 1. The summed E-state index contributed by atoms with van der Waals surface area (Å²) in [7, 11) is -2.53. The molecule has 4 rings (SSSR count). The molecule has 15 heteroatoms. The highest BCUT2D eigenvalue weighted by atomic mass is 32.2. The highest BCUT2D eigenvalue weighted by Crippen LogP contribution is 2.27. The van der Waals surface area contributed by atoms with E-state index in [2.05, 4.69) is 5.32 Å². The standard InChI is InChI=1S/C34H45N5O8S2/c1-23(2)19-37(49(45,46)28-13-11-27(47-5)12-14-28)21-30(40)29(17-25-9-7-6-8-10-25)35-33(41)32(24(3)4)38-16-15-36(34(38)42)20-26-18-31(39(43)44)48-22-26/h6-14,18,22-24,29-30,32,40H,15-17,19-21H2,1-5H3,(H,35,41)/t29-,30+,32-/m0/s1.